The molecule has 0 radical (unpaired) electrons. The molecule has 1 aromatic heterocycles. The molecular formula is C10H12N6O7S. The Labute approximate surface area is 134 Å². The zero-order chi connectivity index (χ0) is 17.5. The number of fused-ring (bicyclic) bond motifs is 2. The lowest BCUT2D eigenvalue weighted by Gasteiger charge is -2.30. The van der Waals surface area contributed by atoms with E-state index < -0.39 is 34.4 Å². The fourth-order valence-electron chi connectivity index (χ4n) is 2.67. The van der Waals surface area contributed by atoms with Gasteiger partial charge in [-0.2, -0.15) is 13.5 Å². The first-order valence-corrected chi connectivity index (χ1v) is 8.07. The van der Waals surface area contributed by atoms with Crippen molar-refractivity contribution < 1.29 is 31.5 Å². The molecule has 1 aromatic rings. The van der Waals surface area contributed by atoms with Crippen LogP contribution in [0.4, 0.5) is 4.79 Å². The summed E-state index contributed by atoms with van der Waals surface area (Å²) in [6, 6.07) is -2.16. The Balaban J connectivity index is 1.69. The summed E-state index contributed by atoms with van der Waals surface area (Å²) in [5, 5.41) is 17.4. The number of hydrogen-bond acceptors (Lipinski definition) is 9. The number of rotatable bonds is 4. The lowest BCUT2D eigenvalue weighted by Crippen LogP contribution is -2.50. The van der Waals surface area contributed by atoms with Gasteiger partial charge in [0, 0.05) is 6.54 Å². The number of piperidine rings is 1. The number of aromatic nitrogens is 2. The van der Waals surface area contributed by atoms with Gasteiger partial charge in [0.2, 0.25) is 0 Å². The quantitative estimate of drug-likeness (QED) is 0.337. The van der Waals surface area contributed by atoms with E-state index in [2.05, 4.69) is 24.5 Å². The molecule has 3 N–H and O–H groups in total. The molecule has 0 spiro atoms. The van der Waals surface area contributed by atoms with Crippen LogP contribution in [0.25, 0.3) is 0 Å². The van der Waals surface area contributed by atoms with Gasteiger partial charge in [0.15, 0.2) is 5.69 Å². The van der Waals surface area contributed by atoms with Crippen LogP contribution in [0.3, 0.4) is 0 Å². The minimum Gasteiger partial charge on any atom is -0.310 e. The molecule has 3 heterocycles. The van der Waals surface area contributed by atoms with Gasteiger partial charge in [-0.3, -0.25) is 14.8 Å². The van der Waals surface area contributed by atoms with Crippen LogP contribution in [-0.4, -0.2) is 69.6 Å². The second-order valence-corrected chi connectivity index (χ2v) is 6.17. The summed E-state index contributed by atoms with van der Waals surface area (Å²) in [4.78, 5) is 25.2. The molecule has 2 saturated heterocycles. The van der Waals surface area contributed by atoms with E-state index >= 15 is 0 Å². The molecule has 24 heavy (non-hydrogen) atoms. The third kappa shape index (κ3) is 3.06. The first-order valence-electron chi connectivity index (χ1n) is 6.70. The molecule has 0 saturated carbocycles. The Morgan fingerprint density at radius 2 is 2.25 bits per heavy atom. The second kappa shape index (κ2) is 5.81. The maximum absolute atomic E-state index is 12.2. The van der Waals surface area contributed by atoms with Crippen LogP contribution in [0.5, 0.6) is 0 Å². The van der Waals surface area contributed by atoms with Gasteiger partial charge in [0.25, 0.3) is 5.91 Å². The fourth-order valence-corrected chi connectivity index (χ4v) is 3.05. The standard InChI is InChI=1S/C10H12N6O7S/c11-8(13-9(17)6-3-12-22-14-6)7-2-1-5-4-15(7)10(18)16(5)23-24(19,20)21/h3,5,7H,1-2,4H2,(H2,11,13,17)(H,19,20,21)/t5-,7+/m1/s1. The van der Waals surface area contributed by atoms with Crippen molar-refractivity contribution in [2.45, 2.75) is 24.9 Å². The van der Waals surface area contributed by atoms with E-state index in [0.29, 0.717) is 17.9 Å². The highest BCUT2D eigenvalue weighted by Gasteiger charge is 2.48. The Morgan fingerprint density at radius 1 is 1.50 bits per heavy atom. The van der Waals surface area contributed by atoms with Gasteiger partial charge in [0.1, 0.15) is 12.0 Å². The third-order valence-corrected chi connectivity index (χ3v) is 4.02. The summed E-state index contributed by atoms with van der Waals surface area (Å²) in [7, 11) is -4.84. The summed E-state index contributed by atoms with van der Waals surface area (Å²) >= 11 is 0. The van der Waals surface area contributed by atoms with E-state index in [0.717, 1.165) is 6.20 Å². The van der Waals surface area contributed by atoms with Crippen molar-refractivity contribution in [2.75, 3.05) is 6.54 Å². The SMILES string of the molecule is N=C(NC(=O)c1cnon1)[C@@H]1CC[C@@H]2CN1C(=O)N2OS(=O)(=O)O. The largest absolute Gasteiger partial charge is 0.418 e. The molecule has 2 fully saturated rings. The van der Waals surface area contributed by atoms with Crippen molar-refractivity contribution in [1.82, 2.24) is 25.6 Å². The average molecular weight is 360 g/mol. The van der Waals surface area contributed by atoms with Crippen molar-refractivity contribution in [3.8, 4) is 0 Å². The Hall–Kier alpha value is -2.58. The molecule has 2 atom stereocenters. The topological polar surface area (TPSA) is 179 Å². The van der Waals surface area contributed by atoms with Crippen LogP contribution in [-0.2, 0) is 14.7 Å². The number of carbonyl (C=O) groups excluding carboxylic acids is 2. The van der Waals surface area contributed by atoms with Gasteiger partial charge in [-0.05, 0) is 18.0 Å². The van der Waals surface area contributed by atoms with Crippen LogP contribution in [0.1, 0.15) is 23.3 Å². The van der Waals surface area contributed by atoms with Gasteiger partial charge in [-0.25, -0.2) is 9.42 Å². The van der Waals surface area contributed by atoms with E-state index in [1.165, 1.54) is 4.90 Å². The number of nitrogens with one attached hydrogen (secondary N) is 2. The molecule has 2 aliphatic heterocycles. The molecule has 2 bridgehead atoms. The fraction of sp³-hybridized carbons (Fsp3) is 0.500. The molecule has 0 aliphatic carbocycles. The highest BCUT2D eigenvalue weighted by molar-refractivity contribution is 7.80. The molecule has 3 amide bonds. The molecule has 2 aliphatic rings. The molecular weight excluding hydrogens is 348 g/mol. The Bertz CT molecular complexity index is 778. The van der Waals surface area contributed by atoms with Crippen LogP contribution < -0.4 is 5.32 Å². The van der Waals surface area contributed by atoms with Crippen LogP contribution in [0.2, 0.25) is 0 Å². The third-order valence-electron chi connectivity index (χ3n) is 3.67. The molecule has 0 unspecified atom stereocenters. The van der Waals surface area contributed by atoms with Gasteiger partial charge in [-0.1, -0.05) is 5.16 Å². The highest BCUT2D eigenvalue weighted by Crippen LogP contribution is 2.30. The molecule has 13 nitrogen and oxygen atoms in total. The monoisotopic (exact) mass is 360 g/mol. The van der Waals surface area contributed by atoms with E-state index in [9.17, 15) is 18.0 Å². The maximum Gasteiger partial charge on any atom is 0.418 e. The van der Waals surface area contributed by atoms with Crippen molar-refractivity contribution in [1.29, 1.82) is 5.41 Å². The summed E-state index contributed by atoms with van der Waals surface area (Å²) in [5.74, 6) is -0.982. The van der Waals surface area contributed by atoms with Gasteiger partial charge in [0.05, 0.1) is 12.1 Å². The number of hydrogen-bond donors (Lipinski definition) is 3. The van der Waals surface area contributed by atoms with E-state index in [-0.39, 0.29) is 18.1 Å². The van der Waals surface area contributed by atoms with E-state index in [1.54, 1.807) is 0 Å². The molecule has 130 valence electrons. The van der Waals surface area contributed by atoms with E-state index in [4.69, 9.17) is 9.96 Å². The Kier molecular flexibility index (Phi) is 3.94. The summed E-state index contributed by atoms with van der Waals surface area (Å²) in [5.41, 5.74) is -0.127. The van der Waals surface area contributed by atoms with Crippen LogP contribution >= 0.6 is 0 Å². The first kappa shape index (κ1) is 16.3. The van der Waals surface area contributed by atoms with Crippen molar-refractivity contribution in [3.63, 3.8) is 0 Å². The van der Waals surface area contributed by atoms with Gasteiger partial charge in [-0.15, -0.1) is 4.28 Å². The summed E-state index contributed by atoms with van der Waals surface area (Å²) in [6.07, 6.45) is 1.70. The maximum atomic E-state index is 12.2. The highest BCUT2D eigenvalue weighted by atomic mass is 32.3. The van der Waals surface area contributed by atoms with Gasteiger partial charge >= 0.3 is 16.4 Å². The minimum atomic E-state index is -4.84. The predicted molar refractivity (Wildman–Crippen MR) is 72.9 cm³/mol. The first-order chi connectivity index (χ1) is 11.3. The predicted octanol–water partition coefficient (Wildman–Crippen LogP) is -1.22. The normalized spacial score (nSPS) is 23.5. The molecule has 3 rings (SSSR count). The van der Waals surface area contributed by atoms with Gasteiger partial charge < -0.3 is 10.2 Å². The smallest absolute Gasteiger partial charge is 0.310 e. The van der Waals surface area contributed by atoms with Crippen LogP contribution in [0.15, 0.2) is 10.8 Å². The number of amides is 3. The zero-order valence-electron chi connectivity index (χ0n) is 11.9. The summed E-state index contributed by atoms with van der Waals surface area (Å²) in [6.45, 7) is 0.1000. The number of urea groups is 1. The van der Waals surface area contributed by atoms with Crippen molar-refractivity contribution in [2.24, 2.45) is 0 Å². The number of hydroxylamine groups is 2. The Morgan fingerprint density at radius 3 is 2.88 bits per heavy atom. The van der Waals surface area contributed by atoms with E-state index in [1.807, 2.05) is 0 Å². The van der Waals surface area contributed by atoms with Crippen molar-refractivity contribution in [3.05, 3.63) is 11.9 Å². The number of amidine groups is 1. The average Bonchev–Trinajstić information content (AvgIpc) is 3.11. The summed E-state index contributed by atoms with van der Waals surface area (Å²) < 4.78 is 38.9. The molecule has 14 heteroatoms. The van der Waals surface area contributed by atoms with Crippen LogP contribution in [0, 0.1) is 5.41 Å². The number of carbonyl (C=O) groups is 2. The molecule has 0 aromatic carbocycles. The number of nitrogens with zero attached hydrogens (tertiary/aromatic N) is 4. The zero-order valence-corrected chi connectivity index (χ0v) is 12.8. The lowest BCUT2D eigenvalue weighted by atomic mass is 10.00. The lowest BCUT2D eigenvalue weighted by molar-refractivity contribution is -0.0316. The van der Waals surface area contributed by atoms with Crippen molar-refractivity contribution >= 4 is 28.2 Å². The minimum absolute atomic E-state index is 0.1000. The second-order valence-electron chi connectivity index (χ2n) is 5.17.